The molecule has 2 aromatic carbocycles. The van der Waals surface area contributed by atoms with Crippen LogP contribution in [0.2, 0.25) is 5.02 Å². The maximum Gasteiger partial charge on any atom is 0.186 e. The molecule has 0 saturated carbocycles. The zero-order valence-electron chi connectivity index (χ0n) is 13.0. The molecule has 0 radical (unpaired) electrons. The lowest BCUT2D eigenvalue weighted by molar-refractivity contribution is 0.652. The zero-order valence-corrected chi connectivity index (χ0v) is 14.6. The van der Waals surface area contributed by atoms with Crippen molar-refractivity contribution in [1.82, 2.24) is 4.98 Å². The van der Waals surface area contributed by atoms with Gasteiger partial charge in [0.15, 0.2) is 5.13 Å². The van der Waals surface area contributed by atoms with Gasteiger partial charge in [-0.05, 0) is 36.8 Å². The van der Waals surface area contributed by atoms with E-state index >= 15 is 0 Å². The van der Waals surface area contributed by atoms with Crippen LogP contribution in [0.15, 0.2) is 42.5 Å². The molecule has 1 aliphatic heterocycles. The van der Waals surface area contributed by atoms with Gasteiger partial charge in [0.1, 0.15) is 0 Å². The number of aromatic nitrogens is 1. The van der Waals surface area contributed by atoms with E-state index in [1.54, 1.807) is 11.3 Å². The predicted molar refractivity (Wildman–Crippen MR) is 100 cm³/mol. The van der Waals surface area contributed by atoms with Crippen LogP contribution in [0, 0.1) is 6.92 Å². The highest BCUT2D eigenvalue weighted by molar-refractivity contribution is 7.22. The molecule has 1 fully saturated rings. The highest BCUT2D eigenvalue weighted by atomic mass is 35.5. The Morgan fingerprint density at radius 1 is 0.957 bits per heavy atom. The van der Waals surface area contributed by atoms with Crippen LogP contribution in [0.5, 0.6) is 0 Å². The molecule has 0 amide bonds. The summed E-state index contributed by atoms with van der Waals surface area (Å²) in [5.41, 5.74) is 3.43. The summed E-state index contributed by atoms with van der Waals surface area (Å²) in [6.45, 7) is 6.10. The van der Waals surface area contributed by atoms with Gasteiger partial charge in [0.2, 0.25) is 0 Å². The lowest BCUT2D eigenvalue weighted by atomic mass is 10.2. The number of rotatable bonds is 2. The summed E-state index contributed by atoms with van der Waals surface area (Å²) in [6.07, 6.45) is 0. The summed E-state index contributed by atoms with van der Waals surface area (Å²) in [5, 5.41) is 1.90. The minimum atomic E-state index is 0.795. The van der Waals surface area contributed by atoms with E-state index < -0.39 is 0 Å². The molecule has 3 nitrogen and oxygen atoms in total. The summed E-state index contributed by atoms with van der Waals surface area (Å²) in [6, 6.07) is 14.7. The van der Waals surface area contributed by atoms with Crippen molar-refractivity contribution >= 4 is 44.0 Å². The van der Waals surface area contributed by atoms with Gasteiger partial charge in [-0.25, -0.2) is 4.98 Å². The van der Waals surface area contributed by atoms with E-state index in [2.05, 4.69) is 46.2 Å². The first kappa shape index (κ1) is 14.8. The van der Waals surface area contributed by atoms with Gasteiger partial charge < -0.3 is 9.80 Å². The Morgan fingerprint density at radius 2 is 1.65 bits per heavy atom. The van der Waals surface area contributed by atoms with E-state index in [9.17, 15) is 0 Å². The molecule has 3 aromatic rings. The fourth-order valence-electron chi connectivity index (χ4n) is 3.02. The van der Waals surface area contributed by atoms with Gasteiger partial charge in [0, 0.05) is 36.9 Å². The molecule has 0 unspecified atom stereocenters. The number of benzene rings is 2. The van der Waals surface area contributed by atoms with E-state index in [0.717, 1.165) is 47.4 Å². The van der Waals surface area contributed by atoms with Gasteiger partial charge in [0.25, 0.3) is 0 Å². The highest BCUT2D eigenvalue weighted by Gasteiger charge is 2.20. The lowest BCUT2D eigenvalue weighted by Crippen LogP contribution is -2.46. The molecule has 0 spiro atoms. The number of fused-ring (bicyclic) bond motifs is 1. The molecule has 0 N–H and O–H groups in total. The van der Waals surface area contributed by atoms with Gasteiger partial charge in [0.05, 0.1) is 10.2 Å². The molecule has 0 aliphatic carbocycles. The molecule has 1 aromatic heterocycles. The van der Waals surface area contributed by atoms with Crippen LogP contribution in [0.3, 0.4) is 0 Å². The van der Waals surface area contributed by atoms with Crippen molar-refractivity contribution in [2.75, 3.05) is 36.0 Å². The van der Waals surface area contributed by atoms with Gasteiger partial charge in [-0.15, -0.1) is 0 Å². The molecule has 0 atom stereocenters. The monoisotopic (exact) mass is 343 g/mol. The van der Waals surface area contributed by atoms with Crippen molar-refractivity contribution in [3.8, 4) is 0 Å². The van der Waals surface area contributed by atoms with Gasteiger partial charge in [-0.1, -0.05) is 41.1 Å². The number of halogens is 1. The van der Waals surface area contributed by atoms with E-state index in [-0.39, 0.29) is 0 Å². The fourth-order valence-corrected chi connectivity index (χ4v) is 4.25. The summed E-state index contributed by atoms with van der Waals surface area (Å²) in [5.74, 6) is 0. The van der Waals surface area contributed by atoms with E-state index in [1.807, 2.05) is 13.0 Å². The van der Waals surface area contributed by atoms with Crippen LogP contribution in [-0.2, 0) is 0 Å². The predicted octanol–water partition coefficient (Wildman–Crippen LogP) is 4.58. The Kier molecular flexibility index (Phi) is 3.87. The second kappa shape index (κ2) is 6.02. The van der Waals surface area contributed by atoms with Crippen LogP contribution < -0.4 is 9.80 Å². The van der Waals surface area contributed by atoms with Crippen LogP contribution in [-0.4, -0.2) is 31.2 Å². The van der Waals surface area contributed by atoms with Crippen molar-refractivity contribution in [2.45, 2.75) is 6.92 Å². The van der Waals surface area contributed by atoms with Gasteiger partial charge >= 0.3 is 0 Å². The molecular formula is C18H18ClN3S. The van der Waals surface area contributed by atoms with Crippen LogP contribution in [0.4, 0.5) is 10.8 Å². The minimum absolute atomic E-state index is 0.795. The molecule has 23 heavy (non-hydrogen) atoms. The van der Waals surface area contributed by atoms with Gasteiger partial charge in [-0.2, -0.15) is 0 Å². The summed E-state index contributed by atoms with van der Waals surface area (Å²) >= 11 is 7.98. The second-order valence-electron chi connectivity index (χ2n) is 5.83. The van der Waals surface area contributed by atoms with Gasteiger partial charge in [-0.3, -0.25) is 0 Å². The Morgan fingerprint density at radius 3 is 2.39 bits per heavy atom. The molecule has 1 saturated heterocycles. The Labute approximate surface area is 145 Å². The summed E-state index contributed by atoms with van der Waals surface area (Å²) in [7, 11) is 0. The van der Waals surface area contributed by atoms with Crippen molar-refractivity contribution in [1.29, 1.82) is 0 Å². The Bertz CT molecular complexity index is 823. The number of para-hydroxylation sites is 1. The summed E-state index contributed by atoms with van der Waals surface area (Å²) < 4.78 is 1.22. The third kappa shape index (κ3) is 2.77. The third-order valence-corrected chi connectivity index (χ3v) is 5.90. The molecule has 2 heterocycles. The second-order valence-corrected chi connectivity index (χ2v) is 7.24. The number of thiazole rings is 1. The lowest BCUT2D eigenvalue weighted by Gasteiger charge is -2.35. The largest absolute Gasteiger partial charge is 0.368 e. The number of hydrogen-bond donors (Lipinski definition) is 0. The third-order valence-electron chi connectivity index (χ3n) is 4.41. The maximum atomic E-state index is 6.21. The first-order valence-electron chi connectivity index (χ1n) is 7.83. The molecule has 4 rings (SSSR count). The van der Waals surface area contributed by atoms with Crippen molar-refractivity contribution in [2.24, 2.45) is 0 Å². The SMILES string of the molecule is Cc1c(Cl)ccc2sc(N3CCN(c4ccccc4)CC3)nc12. The molecule has 1 aliphatic rings. The smallest absolute Gasteiger partial charge is 0.186 e. The van der Waals surface area contributed by atoms with E-state index in [0.29, 0.717) is 0 Å². The number of anilines is 2. The Hall–Kier alpha value is -1.78. The van der Waals surface area contributed by atoms with Crippen LogP contribution >= 0.6 is 22.9 Å². The number of hydrogen-bond acceptors (Lipinski definition) is 4. The Balaban J connectivity index is 1.53. The first-order chi connectivity index (χ1) is 11.2. The number of piperazine rings is 1. The molecule has 118 valence electrons. The maximum absolute atomic E-state index is 6.21. The number of aryl methyl sites for hydroxylation is 1. The average molecular weight is 344 g/mol. The van der Waals surface area contributed by atoms with Crippen molar-refractivity contribution in [3.05, 3.63) is 53.1 Å². The molecular weight excluding hydrogens is 326 g/mol. The highest BCUT2D eigenvalue weighted by Crippen LogP contribution is 2.34. The van der Waals surface area contributed by atoms with Crippen LogP contribution in [0.1, 0.15) is 5.56 Å². The van der Waals surface area contributed by atoms with Crippen LogP contribution in [0.25, 0.3) is 10.2 Å². The average Bonchev–Trinajstić information content (AvgIpc) is 3.04. The molecule has 5 heteroatoms. The van der Waals surface area contributed by atoms with E-state index in [4.69, 9.17) is 16.6 Å². The van der Waals surface area contributed by atoms with Crippen molar-refractivity contribution < 1.29 is 0 Å². The quantitative estimate of drug-likeness (QED) is 0.678. The standard InChI is InChI=1S/C18H18ClN3S/c1-13-15(19)7-8-16-17(13)20-18(23-16)22-11-9-21(10-12-22)14-5-3-2-4-6-14/h2-8H,9-12H2,1H3. The minimum Gasteiger partial charge on any atom is -0.368 e. The fraction of sp³-hybridized carbons (Fsp3) is 0.278. The van der Waals surface area contributed by atoms with Crippen molar-refractivity contribution in [3.63, 3.8) is 0 Å². The summed E-state index contributed by atoms with van der Waals surface area (Å²) in [4.78, 5) is 9.66. The topological polar surface area (TPSA) is 19.4 Å². The normalized spacial score (nSPS) is 15.4. The van der Waals surface area contributed by atoms with E-state index in [1.165, 1.54) is 10.4 Å². The molecule has 0 bridgehead atoms. The zero-order chi connectivity index (χ0) is 15.8. The number of nitrogens with zero attached hydrogens (tertiary/aromatic N) is 3. The first-order valence-corrected chi connectivity index (χ1v) is 9.02.